The van der Waals surface area contributed by atoms with Gasteiger partial charge < -0.3 is 9.29 Å². The predicted molar refractivity (Wildman–Crippen MR) is 59.3 cm³/mol. The van der Waals surface area contributed by atoms with E-state index in [9.17, 15) is 35.3 Å². The van der Waals surface area contributed by atoms with Gasteiger partial charge in [0.25, 0.3) is 0 Å². The molecule has 0 bridgehead atoms. The van der Waals surface area contributed by atoms with Crippen LogP contribution in [0.15, 0.2) is 17.6 Å². The molecule has 5 nitrogen and oxygen atoms in total. The van der Waals surface area contributed by atoms with Gasteiger partial charge in [0, 0.05) is 6.42 Å². The van der Waals surface area contributed by atoms with Crippen LogP contribution in [0.5, 0.6) is 5.75 Å². The molecule has 0 aliphatic carbocycles. The number of carbonyl (C=O) groups is 1. The SMILES string of the molecule is C=CCCC(=O)Oc1c(F)c(F)c(S(=O)(=O)[O-])c(F)c1F. The smallest absolute Gasteiger partial charge is 0.311 e. The Hall–Kier alpha value is -1.94. The fourth-order valence-corrected chi connectivity index (χ4v) is 1.90. The van der Waals surface area contributed by atoms with Crippen LogP contribution in [0, 0.1) is 23.3 Å². The monoisotopic (exact) mass is 327 g/mol. The van der Waals surface area contributed by atoms with Crippen molar-refractivity contribution in [3.8, 4) is 5.75 Å². The lowest BCUT2D eigenvalue weighted by molar-refractivity contribution is -0.134. The molecule has 1 aromatic rings. The summed E-state index contributed by atoms with van der Waals surface area (Å²) in [6.07, 6.45) is 0.968. The standard InChI is InChI=1S/C11H8F4O5S/c1-2-3-4-5(16)20-10-6(12)8(14)11(21(17,18)19)9(15)7(10)13/h2H,1,3-4H2,(H,17,18,19)/p-1. The van der Waals surface area contributed by atoms with Crippen LogP contribution in [0.3, 0.4) is 0 Å². The van der Waals surface area contributed by atoms with Gasteiger partial charge >= 0.3 is 5.97 Å². The van der Waals surface area contributed by atoms with E-state index in [1.165, 1.54) is 6.08 Å². The highest BCUT2D eigenvalue weighted by Crippen LogP contribution is 2.32. The molecular weight excluding hydrogens is 320 g/mol. The Morgan fingerprint density at radius 2 is 1.62 bits per heavy atom. The molecule has 0 unspecified atom stereocenters. The van der Waals surface area contributed by atoms with E-state index < -0.39 is 50.0 Å². The summed E-state index contributed by atoms with van der Waals surface area (Å²) in [5, 5.41) is 0. The van der Waals surface area contributed by atoms with Gasteiger partial charge in [-0.05, 0) is 6.42 Å². The van der Waals surface area contributed by atoms with E-state index in [0.717, 1.165) is 0 Å². The number of esters is 1. The van der Waals surface area contributed by atoms with E-state index in [0.29, 0.717) is 0 Å². The van der Waals surface area contributed by atoms with E-state index in [1.807, 2.05) is 0 Å². The topological polar surface area (TPSA) is 83.5 Å². The second-order valence-corrected chi connectivity index (χ2v) is 4.99. The Morgan fingerprint density at radius 1 is 1.14 bits per heavy atom. The minimum absolute atomic E-state index is 0.0695. The predicted octanol–water partition coefficient (Wildman–Crippen LogP) is 2.02. The number of hydrogen-bond donors (Lipinski definition) is 0. The largest absolute Gasteiger partial charge is 0.744 e. The Labute approximate surface area is 116 Å². The first-order valence-corrected chi connectivity index (χ1v) is 6.65. The van der Waals surface area contributed by atoms with Gasteiger partial charge in [0.05, 0.1) is 0 Å². The number of ether oxygens (including phenoxy) is 1. The van der Waals surface area contributed by atoms with Crippen LogP contribution in [-0.2, 0) is 14.9 Å². The van der Waals surface area contributed by atoms with Gasteiger partial charge in [0.15, 0.2) is 11.6 Å². The summed E-state index contributed by atoms with van der Waals surface area (Å²) >= 11 is 0. The zero-order valence-electron chi connectivity index (χ0n) is 10.2. The molecule has 0 fully saturated rings. The Bertz CT molecular complexity index is 670. The number of allylic oxidation sites excluding steroid dienone is 1. The fourth-order valence-electron chi connectivity index (χ4n) is 1.29. The third kappa shape index (κ3) is 3.58. The van der Waals surface area contributed by atoms with Crippen LogP contribution in [0.25, 0.3) is 0 Å². The first-order valence-electron chi connectivity index (χ1n) is 5.24. The molecule has 0 radical (unpaired) electrons. The Balaban J connectivity index is 3.38. The molecule has 21 heavy (non-hydrogen) atoms. The third-order valence-corrected chi connectivity index (χ3v) is 3.06. The zero-order chi connectivity index (χ0) is 16.4. The minimum atomic E-state index is -5.80. The highest BCUT2D eigenvalue weighted by Gasteiger charge is 2.31. The average Bonchev–Trinajstić information content (AvgIpc) is 2.37. The van der Waals surface area contributed by atoms with Crippen molar-refractivity contribution in [1.82, 2.24) is 0 Å². The Kier molecular flexibility index (Phi) is 5.07. The van der Waals surface area contributed by atoms with Crippen LogP contribution in [0.1, 0.15) is 12.8 Å². The highest BCUT2D eigenvalue weighted by atomic mass is 32.2. The van der Waals surface area contributed by atoms with E-state index in [4.69, 9.17) is 0 Å². The number of hydrogen-bond acceptors (Lipinski definition) is 5. The maximum Gasteiger partial charge on any atom is 0.311 e. The number of rotatable bonds is 5. The number of carbonyl (C=O) groups excluding carboxylic acids is 1. The van der Waals surface area contributed by atoms with Gasteiger partial charge in [0.2, 0.25) is 17.4 Å². The van der Waals surface area contributed by atoms with Gasteiger partial charge in [0.1, 0.15) is 15.0 Å². The summed E-state index contributed by atoms with van der Waals surface area (Å²) < 4.78 is 89.3. The van der Waals surface area contributed by atoms with Crippen molar-refractivity contribution in [2.75, 3.05) is 0 Å². The molecule has 0 heterocycles. The molecule has 0 aliphatic rings. The van der Waals surface area contributed by atoms with Gasteiger partial charge in [-0.1, -0.05) is 6.08 Å². The molecule has 0 aromatic heterocycles. The van der Waals surface area contributed by atoms with Crippen molar-refractivity contribution in [3.63, 3.8) is 0 Å². The molecule has 116 valence electrons. The lowest BCUT2D eigenvalue weighted by Crippen LogP contribution is -2.15. The molecule has 0 saturated carbocycles. The van der Waals surface area contributed by atoms with Crippen molar-refractivity contribution in [2.45, 2.75) is 17.7 Å². The molecule has 0 saturated heterocycles. The van der Waals surface area contributed by atoms with Crippen LogP contribution in [0.4, 0.5) is 17.6 Å². The van der Waals surface area contributed by atoms with E-state index in [2.05, 4.69) is 11.3 Å². The van der Waals surface area contributed by atoms with E-state index in [1.54, 1.807) is 0 Å². The maximum atomic E-state index is 13.4. The van der Waals surface area contributed by atoms with Gasteiger partial charge in [-0.15, -0.1) is 6.58 Å². The van der Waals surface area contributed by atoms with E-state index >= 15 is 0 Å². The molecular formula is C11H7F4O5S-. The van der Waals surface area contributed by atoms with E-state index in [-0.39, 0.29) is 12.8 Å². The average molecular weight is 327 g/mol. The summed E-state index contributed by atoms with van der Waals surface area (Å²) in [6, 6.07) is 0. The molecule has 1 rings (SSSR count). The fraction of sp³-hybridized carbons (Fsp3) is 0.182. The van der Waals surface area contributed by atoms with Crippen LogP contribution < -0.4 is 4.74 Å². The van der Waals surface area contributed by atoms with Crippen LogP contribution in [0.2, 0.25) is 0 Å². The third-order valence-electron chi connectivity index (χ3n) is 2.20. The minimum Gasteiger partial charge on any atom is -0.744 e. The van der Waals surface area contributed by atoms with Crippen LogP contribution >= 0.6 is 0 Å². The molecule has 0 spiro atoms. The number of halogens is 4. The molecule has 0 atom stereocenters. The van der Waals surface area contributed by atoms with Gasteiger partial charge in [-0.3, -0.25) is 4.79 Å². The molecule has 0 amide bonds. The normalized spacial score (nSPS) is 11.3. The lowest BCUT2D eigenvalue weighted by Gasteiger charge is -2.13. The van der Waals surface area contributed by atoms with Gasteiger partial charge in [-0.25, -0.2) is 17.2 Å². The van der Waals surface area contributed by atoms with Crippen molar-refractivity contribution in [2.24, 2.45) is 0 Å². The van der Waals surface area contributed by atoms with Crippen molar-refractivity contribution in [1.29, 1.82) is 0 Å². The quantitative estimate of drug-likeness (QED) is 0.206. The van der Waals surface area contributed by atoms with Crippen molar-refractivity contribution >= 4 is 16.1 Å². The first kappa shape index (κ1) is 17.1. The lowest BCUT2D eigenvalue weighted by atomic mass is 10.2. The van der Waals surface area contributed by atoms with Crippen LogP contribution in [-0.4, -0.2) is 18.9 Å². The van der Waals surface area contributed by atoms with Gasteiger partial charge in [-0.2, -0.15) is 8.78 Å². The molecule has 1 aromatic carbocycles. The summed E-state index contributed by atoms with van der Waals surface area (Å²) in [5.41, 5.74) is 0. The summed E-state index contributed by atoms with van der Waals surface area (Å²) in [6.45, 7) is 3.26. The summed E-state index contributed by atoms with van der Waals surface area (Å²) in [4.78, 5) is 8.84. The summed E-state index contributed by atoms with van der Waals surface area (Å²) in [5.74, 6) is -12.5. The highest BCUT2D eigenvalue weighted by molar-refractivity contribution is 7.85. The molecule has 10 heteroatoms. The zero-order valence-corrected chi connectivity index (χ0v) is 11.0. The summed E-state index contributed by atoms with van der Waals surface area (Å²) in [7, 11) is -5.80. The first-order chi connectivity index (χ1) is 9.61. The second kappa shape index (κ2) is 6.22. The molecule has 0 aliphatic heterocycles. The van der Waals surface area contributed by atoms with Crippen molar-refractivity contribution in [3.05, 3.63) is 35.9 Å². The maximum absolute atomic E-state index is 13.4. The second-order valence-electron chi connectivity index (χ2n) is 3.67. The molecule has 0 N–H and O–H groups in total. The Morgan fingerprint density at radius 3 is 2.00 bits per heavy atom. The van der Waals surface area contributed by atoms with Crippen molar-refractivity contribution < 1.29 is 40.1 Å². The number of benzene rings is 1.